The topological polar surface area (TPSA) is 71.0 Å². The summed E-state index contributed by atoms with van der Waals surface area (Å²) < 4.78 is 18.7. The molecule has 1 heterocycles. The van der Waals surface area contributed by atoms with Gasteiger partial charge in [-0.05, 0) is 42.7 Å². The summed E-state index contributed by atoms with van der Waals surface area (Å²) in [5.41, 5.74) is 3.13. The number of anilines is 1. The maximum absolute atomic E-state index is 13.3. The fraction of sp³-hybridized carbons (Fsp3) is 0.286. The van der Waals surface area contributed by atoms with E-state index in [2.05, 4.69) is 10.3 Å². The van der Waals surface area contributed by atoms with Crippen LogP contribution in [0.5, 0.6) is 5.75 Å². The molecule has 2 aromatic rings. The largest absolute Gasteiger partial charge is 0.496 e. The number of benzene rings is 2. The van der Waals surface area contributed by atoms with Gasteiger partial charge in [-0.3, -0.25) is 4.79 Å². The molecule has 0 radical (unpaired) electrons. The molecule has 7 heteroatoms. The molecule has 0 aliphatic carbocycles. The molecule has 3 amide bonds. The Labute approximate surface area is 163 Å². The smallest absolute Gasteiger partial charge is 0.343 e. The van der Waals surface area contributed by atoms with Gasteiger partial charge < -0.3 is 15.0 Å². The van der Waals surface area contributed by atoms with E-state index in [0.29, 0.717) is 17.0 Å². The lowest BCUT2D eigenvalue weighted by atomic mass is 9.90. The lowest BCUT2D eigenvalue weighted by molar-refractivity contribution is -0.119. The second-order valence-corrected chi connectivity index (χ2v) is 6.82. The normalized spacial score (nSPS) is 18.9. The molecule has 6 nitrogen and oxygen atoms in total. The standard InChI is InChI=1S/C21H22FN3O3/c1-12-9-13(2)18(28-4)10-17(12)24-20(26)16-11-23-21(27)25(3)19(16)14-5-7-15(22)8-6-14/h5-11,16,19H,1-4H3,(H,24,26). The first-order valence-electron chi connectivity index (χ1n) is 8.84. The number of rotatable bonds is 4. The minimum atomic E-state index is -0.722. The van der Waals surface area contributed by atoms with Gasteiger partial charge in [0.05, 0.1) is 19.1 Å². The van der Waals surface area contributed by atoms with E-state index in [0.717, 1.165) is 11.1 Å². The second kappa shape index (κ2) is 7.80. The van der Waals surface area contributed by atoms with Crippen LogP contribution < -0.4 is 10.1 Å². The fourth-order valence-corrected chi connectivity index (χ4v) is 3.38. The van der Waals surface area contributed by atoms with Crippen LogP contribution in [0.15, 0.2) is 41.4 Å². The summed E-state index contributed by atoms with van der Waals surface area (Å²) in [6, 6.07) is 8.42. The summed E-state index contributed by atoms with van der Waals surface area (Å²) in [5.74, 6) is -0.752. The van der Waals surface area contributed by atoms with E-state index in [4.69, 9.17) is 4.74 Å². The Bertz CT molecular complexity index is 941. The molecule has 0 saturated heterocycles. The molecule has 146 valence electrons. The lowest BCUT2D eigenvalue weighted by Crippen LogP contribution is -2.43. The summed E-state index contributed by atoms with van der Waals surface area (Å²) >= 11 is 0. The molecule has 0 spiro atoms. The predicted octanol–water partition coefficient (Wildman–Crippen LogP) is 3.88. The molecule has 3 rings (SSSR count). The maximum Gasteiger partial charge on any atom is 0.343 e. The van der Waals surface area contributed by atoms with Gasteiger partial charge in [-0.25, -0.2) is 14.2 Å². The predicted molar refractivity (Wildman–Crippen MR) is 105 cm³/mol. The first-order valence-corrected chi connectivity index (χ1v) is 8.84. The van der Waals surface area contributed by atoms with Gasteiger partial charge in [0.1, 0.15) is 11.6 Å². The van der Waals surface area contributed by atoms with Gasteiger partial charge in [-0.15, -0.1) is 0 Å². The van der Waals surface area contributed by atoms with Crippen LogP contribution >= 0.6 is 0 Å². The van der Waals surface area contributed by atoms with Gasteiger partial charge in [0.25, 0.3) is 0 Å². The summed E-state index contributed by atoms with van der Waals surface area (Å²) in [6.07, 6.45) is 1.35. The number of amides is 3. The van der Waals surface area contributed by atoms with Gasteiger partial charge in [-0.1, -0.05) is 18.2 Å². The molecule has 1 aliphatic rings. The van der Waals surface area contributed by atoms with E-state index in [1.165, 1.54) is 23.2 Å². The van der Waals surface area contributed by atoms with Gasteiger partial charge in [-0.2, -0.15) is 0 Å². The van der Waals surface area contributed by atoms with Crippen LogP contribution in [-0.4, -0.2) is 37.2 Å². The summed E-state index contributed by atoms with van der Waals surface area (Å²) in [5, 5.41) is 2.91. The Morgan fingerprint density at radius 2 is 1.86 bits per heavy atom. The SMILES string of the molecule is COc1cc(NC(=O)C2C=NC(=O)N(C)C2c2ccc(F)cc2)c(C)cc1C. The highest BCUT2D eigenvalue weighted by atomic mass is 19.1. The Kier molecular flexibility index (Phi) is 5.44. The first-order chi connectivity index (χ1) is 13.3. The second-order valence-electron chi connectivity index (χ2n) is 6.82. The molecule has 0 aromatic heterocycles. The molecule has 0 bridgehead atoms. The Hall–Kier alpha value is -3.22. The van der Waals surface area contributed by atoms with Gasteiger partial charge in [0.15, 0.2) is 0 Å². The minimum Gasteiger partial charge on any atom is -0.496 e. The van der Waals surface area contributed by atoms with E-state index >= 15 is 0 Å². The third-order valence-corrected chi connectivity index (χ3v) is 4.92. The Balaban J connectivity index is 1.93. The number of aliphatic imine (C=N–C) groups is 1. The maximum atomic E-state index is 13.3. The number of urea groups is 1. The zero-order valence-corrected chi connectivity index (χ0v) is 16.2. The summed E-state index contributed by atoms with van der Waals surface area (Å²) in [4.78, 5) is 30.3. The van der Waals surface area contributed by atoms with Gasteiger partial charge in [0, 0.05) is 25.0 Å². The van der Waals surface area contributed by atoms with Crippen LogP contribution in [0, 0.1) is 25.6 Å². The van der Waals surface area contributed by atoms with E-state index in [1.54, 1.807) is 32.4 Å². The van der Waals surface area contributed by atoms with Crippen molar-refractivity contribution in [1.82, 2.24) is 4.90 Å². The Morgan fingerprint density at radius 1 is 1.18 bits per heavy atom. The van der Waals surface area contributed by atoms with Crippen LogP contribution in [-0.2, 0) is 4.79 Å². The lowest BCUT2D eigenvalue weighted by Gasteiger charge is -2.34. The summed E-state index contributed by atoms with van der Waals surface area (Å²) in [7, 11) is 3.15. The number of carbonyl (C=O) groups excluding carboxylic acids is 2. The van der Waals surface area contributed by atoms with Crippen molar-refractivity contribution in [3.8, 4) is 5.75 Å². The molecular weight excluding hydrogens is 361 g/mol. The number of aryl methyl sites for hydroxylation is 2. The quantitative estimate of drug-likeness (QED) is 0.871. The number of halogens is 1. The van der Waals surface area contributed by atoms with Crippen LogP contribution in [0.4, 0.5) is 14.9 Å². The van der Waals surface area contributed by atoms with Crippen LogP contribution in [0.2, 0.25) is 0 Å². The minimum absolute atomic E-state index is 0.313. The molecule has 0 saturated carbocycles. The van der Waals surface area contributed by atoms with Crippen LogP contribution in [0.3, 0.4) is 0 Å². The van der Waals surface area contributed by atoms with Gasteiger partial charge in [0.2, 0.25) is 5.91 Å². The van der Waals surface area contributed by atoms with E-state index in [1.807, 2.05) is 19.9 Å². The number of nitrogens with one attached hydrogen (secondary N) is 1. The van der Waals surface area contributed by atoms with E-state index in [-0.39, 0.29) is 11.7 Å². The molecule has 1 aliphatic heterocycles. The fourth-order valence-electron chi connectivity index (χ4n) is 3.38. The highest BCUT2D eigenvalue weighted by molar-refractivity contribution is 6.06. The van der Waals surface area contributed by atoms with E-state index in [9.17, 15) is 14.0 Å². The molecule has 2 aromatic carbocycles. The van der Waals surface area contributed by atoms with Crippen molar-refractivity contribution < 1.29 is 18.7 Å². The third kappa shape index (κ3) is 3.74. The van der Waals surface area contributed by atoms with Crippen molar-refractivity contribution in [1.29, 1.82) is 0 Å². The molecule has 28 heavy (non-hydrogen) atoms. The molecule has 2 atom stereocenters. The van der Waals surface area contributed by atoms with Crippen molar-refractivity contribution in [3.63, 3.8) is 0 Å². The number of hydrogen-bond acceptors (Lipinski definition) is 3. The van der Waals surface area contributed by atoms with Gasteiger partial charge >= 0.3 is 6.03 Å². The van der Waals surface area contributed by atoms with Crippen molar-refractivity contribution >= 4 is 23.8 Å². The van der Waals surface area contributed by atoms with Crippen LogP contribution in [0.1, 0.15) is 22.7 Å². The number of hydrogen-bond donors (Lipinski definition) is 1. The van der Waals surface area contributed by atoms with Crippen molar-refractivity contribution in [2.45, 2.75) is 19.9 Å². The average molecular weight is 383 g/mol. The number of carbonyl (C=O) groups is 2. The number of methoxy groups -OCH3 is 1. The summed E-state index contributed by atoms with van der Waals surface area (Å²) in [6.45, 7) is 3.82. The number of ether oxygens (including phenoxy) is 1. The molecule has 2 unspecified atom stereocenters. The zero-order chi connectivity index (χ0) is 20.4. The van der Waals surface area contributed by atoms with E-state index < -0.39 is 18.0 Å². The number of nitrogens with zero attached hydrogens (tertiary/aromatic N) is 2. The van der Waals surface area contributed by atoms with Crippen LogP contribution in [0.25, 0.3) is 0 Å². The Morgan fingerprint density at radius 3 is 2.50 bits per heavy atom. The molecular formula is C21H22FN3O3. The van der Waals surface area contributed by atoms with Crippen molar-refractivity contribution in [3.05, 3.63) is 58.9 Å². The monoisotopic (exact) mass is 383 g/mol. The van der Waals surface area contributed by atoms with Crippen molar-refractivity contribution in [2.24, 2.45) is 10.9 Å². The average Bonchev–Trinajstić information content (AvgIpc) is 2.66. The highest BCUT2D eigenvalue weighted by Crippen LogP contribution is 2.32. The zero-order valence-electron chi connectivity index (χ0n) is 16.2. The van der Waals surface area contributed by atoms with Crippen molar-refractivity contribution in [2.75, 3.05) is 19.5 Å². The third-order valence-electron chi connectivity index (χ3n) is 4.92. The highest BCUT2D eigenvalue weighted by Gasteiger charge is 2.37. The molecule has 1 N–H and O–H groups in total. The molecule has 0 fully saturated rings. The first kappa shape index (κ1) is 19.5.